The number of hydrogen-bond donors (Lipinski definition) is 3. The van der Waals surface area contributed by atoms with Crippen LogP contribution in [-0.4, -0.2) is 30.5 Å². The minimum Gasteiger partial charge on any atom is -0.491 e. The molecule has 0 aliphatic heterocycles. The van der Waals surface area contributed by atoms with Crippen LogP contribution in [0.5, 0.6) is 5.75 Å². The molecule has 1 rings (SSSR count). The third-order valence-electron chi connectivity index (χ3n) is 3.27. The topological polar surface area (TPSA) is 93.5 Å². The molecule has 0 aliphatic rings. The number of rotatable bonds is 7. The molecule has 0 saturated heterocycles. The van der Waals surface area contributed by atoms with Crippen LogP contribution in [0, 0.1) is 12.8 Å². The van der Waals surface area contributed by atoms with E-state index >= 15 is 0 Å². The standard InChI is InChI=1S/C17H27N3O3.ClH/c1-10(2)16(18)17(22)19-9-15(21)20-13-6-7-14(12(5)8-13)23-11(3)4;/h6-8,10-11,16H,9,18H2,1-5H3,(H,19,22)(H,20,21);1H/t16-;/m0./s1. The van der Waals surface area contributed by atoms with Gasteiger partial charge >= 0.3 is 0 Å². The molecule has 136 valence electrons. The normalized spacial score (nSPS) is 11.7. The highest BCUT2D eigenvalue weighted by Gasteiger charge is 2.17. The average molecular weight is 358 g/mol. The number of nitrogens with two attached hydrogens (primary N) is 1. The summed E-state index contributed by atoms with van der Waals surface area (Å²) in [6.07, 6.45) is 0.0921. The van der Waals surface area contributed by atoms with Gasteiger partial charge in [-0.3, -0.25) is 9.59 Å². The van der Waals surface area contributed by atoms with Crippen LogP contribution in [0.15, 0.2) is 18.2 Å². The molecule has 2 amide bonds. The van der Waals surface area contributed by atoms with Crippen LogP contribution >= 0.6 is 12.4 Å². The molecule has 6 nitrogen and oxygen atoms in total. The second kappa shape index (κ2) is 10.2. The number of halogens is 1. The molecule has 0 aliphatic carbocycles. The number of amides is 2. The zero-order valence-electron chi connectivity index (χ0n) is 14.9. The Hall–Kier alpha value is -1.79. The fourth-order valence-corrected chi connectivity index (χ4v) is 1.91. The first-order valence-corrected chi connectivity index (χ1v) is 7.81. The van der Waals surface area contributed by atoms with Gasteiger partial charge in [-0.05, 0) is 50.5 Å². The van der Waals surface area contributed by atoms with E-state index in [1.165, 1.54) is 0 Å². The zero-order chi connectivity index (χ0) is 17.6. The zero-order valence-corrected chi connectivity index (χ0v) is 15.7. The molecule has 7 heteroatoms. The Morgan fingerprint density at radius 3 is 2.33 bits per heavy atom. The first-order valence-electron chi connectivity index (χ1n) is 7.81. The fraction of sp³-hybridized carbons (Fsp3) is 0.529. The van der Waals surface area contributed by atoms with Gasteiger partial charge in [0.2, 0.25) is 11.8 Å². The van der Waals surface area contributed by atoms with E-state index in [-0.39, 0.29) is 42.8 Å². The van der Waals surface area contributed by atoms with Gasteiger partial charge in [-0.15, -0.1) is 12.4 Å². The number of aryl methyl sites for hydroxylation is 1. The van der Waals surface area contributed by atoms with E-state index in [9.17, 15) is 9.59 Å². The Balaban J connectivity index is 0.00000529. The lowest BCUT2D eigenvalue weighted by Crippen LogP contribution is -2.46. The van der Waals surface area contributed by atoms with Crippen molar-refractivity contribution >= 4 is 29.9 Å². The second-order valence-corrected chi connectivity index (χ2v) is 6.18. The molecule has 0 bridgehead atoms. The van der Waals surface area contributed by atoms with Crippen LogP contribution in [0.4, 0.5) is 5.69 Å². The number of anilines is 1. The van der Waals surface area contributed by atoms with E-state index in [0.717, 1.165) is 11.3 Å². The molecule has 0 spiro atoms. The third-order valence-corrected chi connectivity index (χ3v) is 3.27. The number of nitrogens with one attached hydrogen (secondary N) is 2. The lowest BCUT2D eigenvalue weighted by Gasteiger charge is -2.16. The molecule has 0 heterocycles. The summed E-state index contributed by atoms with van der Waals surface area (Å²) in [5.74, 6) is 0.182. The molecule has 1 aromatic carbocycles. The van der Waals surface area contributed by atoms with E-state index in [4.69, 9.17) is 10.5 Å². The summed E-state index contributed by atoms with van der Waals surface area (Å²) in [4.78, 5) is 23.6. The molecule has 1 aromatic rings. The minimum atomic E-state index is -0.613. The Morgan fingerprint density at radius 2 is 1.83 bits per heavy atom. The molecule has 4 N–H and O–H groups in total. The Morgan fingerprint density at radius 1 is 1.21 bits per heavy atom. The summed E-state index contributed by atoms with van der Waals surface area (Å²) in [5.41, 5.74) is 7.31. The first kappa shape index (κ1) is 22.2. The minimum absolute atomic E-state index is 0. The lowest BCUT2D eigenvalue weighted by atomic mass is 10.1. The van der Waals surface area contributed by atoms with Crippen molar-refractivity contribution in [1.82, 2.24) is 5.32 Å². The molecule has 0 aromatic heterocycles. The van der Waals surface area contributed by atoms with Crippen molar-refractivity contribution in [2.75, 3.05) is 11.9 Å². The molecule has 0 radical (unpaired) electrons. The van der Waals surface area contributed by atoms with Crippen molar-refractivity contribution in [1.29, 1.82) is 0 Å². The van der Waals surface area contributed by atoms with Crippen molar-refractivity contribution in [3.8, 4) is 5.75 Å². The molecule has 0 fully saturated rings. The van der Waals surface area contributed by atoms with Gasteiger partial charge in [-0.2, -0.15) is 0 Å². The number of carbonyl (C=O) groups is 2. The van der Waals surface area contributed by atoms with E-state index in [1.807, 2.05) is 46.8 Å². The van der Waals surface area contributed by atoms with Crippen molar-refractivity contribution < 1.29 is 14.3 Å². The molecule has 24 heavy (non-hydrogen) atoms. The Bertz CT molecular complexity index is 562. The highest BCUT2D eigenvalue weighted by molar-refractivity contribution is 5.95. The maximum atomic E-state index is 11.9. The van der Waals surface area contributed by atoms with Crippen LogP contribution in [0.25, 0.3) is 0 Å². The average Bonchev–Trinajstić information content (AvgIpc) is 2.46. The fourth-order valence-electron chi connectivity index (χ4n) is 1.91. The van der Waals surface area contributed by atoms with Crippen LogP contribution in [0.2, 0.25) is 0 Å². The predicted octanol–water partition coefficient (Wildman–Crippen LogP) is 2.24. The highest BCUT2D eigenvalue weighted by atomic mass is 35.5. The van der Waals surface area contributed by atoms with Crippen LogP contribution in [-0.2, 0) is 9.59 Å². The lowest BCUT2D eigenvalue weighted by molar-refractivity contribution is -0.125. The first-order chi connectivity index (χ1) is 10.7. The number of carbonyl (C=O) groups excluding carboxylic acids is 2. The van der Waals surface area contributed by atoms with Crippen molar-refractivity contribution in [3.05, 3.63) is 23.8 Å². The van der Waals surface area contributed by atoms with Gasteiger partial charge < -0.3 is 21.1 Å². The molecule has 1 atom stereocenters. The van der Waals surface area contributed by atoms with Crippen LogP contribution < -0.4 is 21.1 Å². The molecule has 0 unspecified atom stereocenters. The van der Waals surface area contributed by atoms with Crippen LogP contribution in [0.1, 0.15) is 33.3 Å². The maximum Gasteiger partial charge on any atom is 0.243 e. The summed E-state index contributed by atoms with van der Waals surface area (Å²) < 4.78 is 5.65. The quantitative estimate of drug-likeness (QED) is 0.697. The van der Waals surface area contributed by atoms with Crippen molar-refractivity contribution in [2.45, 2.75) is 46.8 Å². The Labute approximate surface area is 149 Å². The van der Waals surface area contributed by atoms with Gasteiger partial charge in [0.05, 0.1) is 18.7 Å². The van der Waals surface area contributed by atoms with Crippen molar-refractivity contribution in [2.24, 2.45) is 11.7 Å². The summed E-state index contributed by atoms with van der Waals surface area (Å²) in [6, 6.07) is 4.80. The second-order valence-electron chi connectivity index (χ2n) is 6.18. The molecular formula is C17H28ClN3O3. The summed E-state index contributed by atoms with van der Waals surface area (Å²) in [5, 5.41) is 5.27. The maximum absolute atomic E-state index is 11.9. The summed E-state index contributed by atoms with van der Waals surface area (Å²) in [7, 11) is 0. The third kappa shape index (κ3) is 7.19. The van der Waals surface area contributed by atoms with Gasteiger partial charge in [0, 0.05) is 5.69 Å². The van der Waals surface area contributed by atoms with E-state index in [2.05, 4.69) is 10.6 Å². The van der Waals surface area contributed by atoms with Crippen molar-refractivity contribution in [3.63, 3.8) is 0 Å². The predicted molar refractivity (Wildman–Crippen MR) is 98.6 cm³/mol. The smallest absolute Gasteiger partial charge is 0.243 e. The van der Waals surface area contributed by atoms with E-state index in [0.29, 0.717) is 5.69 Å². The Kier molecular flexibility index (Phi) is 9.40. The van der Waals surface area contributed by atoms with Gasteiger partial charge in [0.25, 0.3) is 0 Å². The number of hydrogen-bond acceptors (Lipinski definition) is 4. The van der Waals surface area contributed by atoms with E-state index in [1.54, 1.807) is 6.07 Å². The summed E-state index contributed by atoms with van der Waals surface area (Å²) in [6.45, 7) is 9.43. The molecular weight excluding hydrogens is 330 g/mol. The summed E-state index contributed by atoms with van der Waals surface area (Å²) >= 11 is 0. The number of benzene rings is 1. The number of ether oxygens (including phenoxy) is 1. The van der Waals surface area contributed by atoms with Gasteiger partial charge in [-0.25, -0.2) is 0 Å². The van der Waals surface area contributed by atoms with Gasteiger partial charge in [-0.1, -0.05) is 13.8 Å². The van der Waals surface area contributed by atoms with Gasteiger partial charge in [0.15, 0.2) is 0 Å². The molecule has 0 saturated carbocycles. The monoisotopic (exact) mass is 357 g/mol. The van der Waals surface area contributed by atoms with Crippen LogP contribution in [0.3, 0.4) is 0 Å². The largest absolute Gasteiger partial charge is 0.491 e. The SMILES string of the molecule is Cc1cc(NC(=O)CNC(=O)[C@@H](N)C(C)C)ccc1OC(C)C.Cl. The van der Waals surface area contributed by atoms with E-state index < -0.39 is 6.04 Å². The van der Waals surface area contributed by atoms with Gasteiger partial charge in [0.1, 0.15) is 5.75 Å². The highest BCUT2D eigenvalue weighted by Crippen LogP contribution is 2.22.